The maximum absolute atomic E-state index is 12.7. The van der Waals surface area contributed by atoms with E-state index in [0.29, 0.717) is 13.0 Å². The smallest absolute Gasteiger partial charge is 0.227 e. The van der Waals surface area contributed by atoms with Crippen molar-refractivity contribution in [2.75, 3.05) is 11.4 Å². The van der Waals surface area contributed by atoms with E-state index in [1.54, 1.807) is 0 Å². The van der Waals surface area contributed by atoms with Crippen LogP contribution < -0.4 is 4.90 Å². The van der Waals surface area contributed by atoms with Gasteiger partial charge >= 0.3 is 0 Å². The molecule has 0 bridgehead atoms. The van der Waals surface area contributed by atoms with E-state index in [4.69, 9.17) is 0 Å². The number of anilines is 1. The van der Waals surface area contributed by atoms with Gasteiger partial charge in [-0.3, -0.25) is 9.48 Å². The van der Waals surface area contributed by atoms with Crippen molar-refractivity contribution in [1.29, 1.82) is 0 Å². The first kappa shape index (κ1) is 17.3. The van der Waals surface area contributed by atoms with Crippen molar-refractivity contribution >= 4 is 11.6 Å². The molecule has 1 aromatic carbocycles. The molecule has 1 aromatic heterocycles. The number of aryl methyl sites for hydroxylation is 4. The molecule has 0 saturated heterocycles. The number of rotatable bonds is 5. The predicted molar refractivity (Wildman–Crippen MR) is 94.9 cm³/mol. The zero-order valence-corrected chi connectivity index (χ0v) is 15.1. The van der Waals surface area contributed by atoms with Crippen molar-refractivity contribution in [3.8, 4) is 0 Å². The van der Waals surface area contributed by atoms with Gasteiger partial charge in [-0.05, 0) is 63.8 Å². The lowest BCUT2D eigenvalue weighted by atomic mass is 10.1. The van der Waals surface area contributed by atoms with Gasteiger partial charge in [-0.25, -0.2) is 0 Å². The minimum absolute atomic E-state index is 0.170. The minimum Gasteiger partial charge on any atom is -0.312 e. The van der Waals surface area contributed by atoms with Gasteiger partial charge < -0.3 is 4.90 Å². The summed E-state index contributed by atoms with van der Waals surface area (Å²) in [5.41, 5.74) is 6.70. The Balaban J connectivity index is 2.16. The van der Waals surface area contributed by atoms with E-state index in [2.05, 4.69) is 44.1 Å². The summed E-state index contributed by atoms with van der Waals surface area (Å²) >= 11 is 0. The third-order valence-corrected chi connectivity index (χ3v) is 4.52. The third-order valence-electron chi connectivity index (χ3n) is 4.52. The molecule has 0 aliphatic heterocycles. The van der Waals surface area contributed by atoms with Crippen LogP contribution in [0.5, 0.6) is 0 Å². The standard InChI is InChI=1S/C19H27N3O/c1-7-22(18-12-13(2)8-9-14(18)3)19(23)11-10-17-15(4)20-21(6)16(17)5/h8-9,12H,7,10-11H2,1-6H3. The van der Waals surface area contributed by atoms with Crippen LogP contribution in [0.2, 0.25) is 0 Å². The van der Waals surface area contributed by atoms with E-state index in [-0.39, 0.29) is 5.91 Å². The summed E-state index contributed by atoms with van der Waals surface area (Å²) in [6.45, 7) is 10.9. The molecule has 1 heterocycles. The quantitative estimate of drug-likeness (QED) is 0.845. The van der Waals surface area contributed by atoms with Crippen molar-refractivity contribution < 1.29 is 4.79 Å². The molecule has 0 unspecified atom stereocenters. The number of aromatic nitrogens is 2. The lowest BCUT2D eigenvalue weighted by Crippen LogP contribution is -2.31. The molecular weight excluding hydrogens is 286 g/mol. The molecule has 0 radical (unpaired) electrons. The number of amides is 1. The van der Waals surface area contributed by atoms with Crippen LogP contribution in [0.3, 0.4) is 0 Å². The van der Waals surface area contributed by atoms with Crippen molar-refractivity contribution in [3.63, 3.8) is 0 Å². The van der Waals surface area contributed by atoms with Gasteiger partial charge in [-0.2, -0.15) is 5.10 Å². The van der Waals surface area contributed by atoms with E-state index >= 15 is 0 Å². The molecule has 23 heavy (non-hydrogen) atoms. The van der Waals surface area contributed by atoms with Crippen LogP contribution in [-0.2, 0) is 18.3 Å². The van der Waals surface area contributed by atoms with Gasteiger partial charge in [0, 0.05) is 31.4 Å². The summed E-state index contributed by atoms with van der Waals surface area (Å²) in [6, 6.07) is 6.26. The monoisotopic (exact) mass is 313 g/mol. The predicted octanol–water partition coefficient (Wildman–Crippen LogP) is 3.64. The number of carbonyl (C=O) groups is 1. The van der Waals surface area contributed by atoms with Gasteiger partial charge in [0.1, 0.15) is 0 Å². The summed E-state index contributed by atoms with van der Waals surface area (Å²) in [6.07, 6.45) is 1.25. The maximum Gasteiger partial charge on any atom is 0.227 e. The van der Waals surface area contributed by atoms with E-state index in [9.17, 15) is 4.79 Å². The Morgan fingerprint density at radius 2 is 1.91 bits per heavy atom. The topological polar surface area (TPSA) is 38.1 Å². The Morgan fingerprint density at radius 3 is 2.48 bits per heavy atom. The summed E-state index contributed by atoms with van der Waals surface area (Å²) in [5.74, 6) is 0.170. The summed E-state index contributed by atoms with van der Waals surface area (Å²) in [7, 11) is 1.95. The highest BCUT2D eigenvalue weighted by Gasteiger charge is 2.18. The molecule has 1 amide bonds. The van der Waals surface area contributed by atoms with E-state index in [1.807, 2.05) is 30.5 Å². The average Bonchev–Trinajstić information content (AvgIpc) is 2.74. The first-order valence-corrected chi connectivity index (χ1v) is 8.21. The van der Waals surface area contributed by atoms with Gasteiger partial charge in [0.05, 0.1) is 5.69 Å². The van der Waals surface area contributed by atoms with E-state index < -0.39 is 0 Å². The molecule has 0 fully saturated rings. The summed E-state index contributed by atoms with van der Waals surface area (Å²) < 4.78 is 1.89. The van der Waals surface area contributed by atoms with Gasteiger partial charge in [-0.1, -0.05) is 12.1 Å². The zero-order valence-electron chi connectivity index (χ0n) is 15.1. The van der Waals surface area contributed by atoms with Crippen LogP contribution in [0.15, 0.2) is 18.2 Å². The van der Waals surface area contributed by atoms with E-state index in [0.717, 1.165) is 29.1 Å². The zero-order chi connectivity index (χ0) is 17.1. The minimum atomic E-state index is 0.170. The molecular formula is C19H27N3O. The largest absolute Gasteiger partial charge is 0.312 e. The van der Waals surface area contributed by atoms with Gasteiger partial charge in [0.25, 0.3) is 0 Å². The molecule has 4 nitrogen and oxygen atoms in total. The Labute approximate surface area is 139 Å². The Bertz CT molecular complexity index is 716. The molecule has 0 saturated carbocycles. The van der Waals surface area contributed by atoms with Crippen molar-refractivity contribution in [3.05, 3.63) is 46.3 Å². The third kappa shape index (κ3) is 3.63. The molecule has 4 heteroatoms. The summed E-state index contributed by atoms with van der Waals surface area (Å²) in [5, 5.41) is 4.43. The molecule has 2 aromatic rings. The van der Waals surface area contributed by atoms with Crippen molar-refractivity contribution in [2.24, 2.45) is 7.05 Å². The highest BCUT2D eigenvalue weighted by atomic mass is 16.2. The van der Waals surface area contributed by atoms with Crippen LogP contribution in [0.25, 0.3) is 0 Å². The Kier molecular flexibility index (Phi) is 5.24. The first-order valence-electron chi connectivity index (χ1n) is 8.21. The molecule has 0 N–H and O–H groups in total. The van der Waals surface area contributed by atoms with Gasteiger partial charge in [0.15, 0.2) is 0 Å². The second kappa shape index (κ2) is 6.99. The van der Waals surface area contributed by atoms with Gasteiger partial charge in [-0.15, -0.1) is 0 Å². The fourth-order valence-electron chi connectivity index (χ4n) is 3.04. The molecule has 124 valence electrons. The lowest BCUT2D eigenvalue weighted by Gasteiger charge is -2.23. The van der Waals surface area contributed by atoms with E-state index in [1.165, 1.54) is 11.1 Å². The Hall–Kier alpha value is -2.10. The normalized spacial score (nSPS) is 10.9. The maximum atomic E-state index is 12.7. The SMILES string of the molecule is CCN(C(=O)CCc1c(C)nn(C)c1C)c1cc(C)ccc1C. The molecule has 2 rings (SSSR count). The fourth-order valence-corrected chi connectivity index (χ4v) is 3.04. The van der Waals surface area contributed by atoms with Crippen LogP contribution in [0.1, 0.15) is 41.4 Å². The fraction of sp³-hybridized carbons (Fsp3) is 0.474. The van der Waals surface area contributed by atoms with Crippen LogP contribution in [-0.4, -0.2) is 22.2 Å². The summed E-state index contributed by atoms with van der Waals surface area (Å²) in [4.78, 5) is 14.6. The lowest BCUT2D eigenvalue weighted by molar-refractivity contribution is -0.118. The van der Waals surface area contributed by atoms with Gasteiger partial charge in [0.2, 0.25) is 5.91 Å². The van der Waals surface area contributed by atoms with Crippen molar-refractivity contribution in [2.45, 2.75) is 47.5 Å². The van der Waals surface area contributed by atoms with Crippen LogP contribution in [0.4, 0.5) is 5.69 Å². The second-order valence-electron chi connectivity index (χ2n) is 6.20. The molecule has 0 aliphatic carbocycles. The second-order valence-corrected chi connectivity index (χ2v) is 6.20. The number of carbonyl (C=O) groups excluding carboxylic acids is 1. The number of benzene rings is 1. The molecule has 0 spiro atoms. The van der Waals surface area contributed by atoms with Crippen LogP contribution >= 0.6 is 0 Å². The first-order chi connectivity index (χ1) is 10.8. The molecule has 0 aliphatic rings. The molecule has 0 atom stereocenters. The Morgan fingerprint density at radius 1 is 1.22 bits per heavy atom. The number of hydrogen-bond acceptors (Lipinski definition) is 2. The average molecular weight is 313 g/mol. The highest BCUT2D eigenvalue weighted by molar-refractivity contribution is 5.94. The number of nitrogens with zero attached hydrogens (tertiary/aromatic N) is 3. The van der Waals surface area contributed by atoms with Crippen molar-refractivity contribution in [1.82, 2.24) is 9.78 Å². The number of hydrogen-bond donors (Lipinski definition) is 0. The highest BCUT2D eigenvalue weighted by Crippen LogP contribution is 2.23. The van der Waals surface area contributed by atoms with Crippen LogP contribution in [0, 0.1) is 27.7 Å².